The van der Waals surface area contributed by atoms with Gasteiger partial charge in [0.25, 0.3) is 0 Å². The molecule has 1 unspecified atom stereocenters. The zero-order valence-electron chi connectivity index (χ0n) is 15.3. The molecular weight excluding hydrogens is 330 g/mol. The van der Waals surface area contributed by atoms with Gasteiger partial charge in [0, 0.05) is 18.5 Å². The molecule has 1 atom stereocenters. The highest BCUT2D eigenvalue weighted by Gasteiger charge is 2.35. The van der Waals surface area contributed by atoms with Gasteiger partial charge in [-0.05, 0) is 42.2 Å². The molecule has 5 nitrogen and oxygen atoms in total. The average molecular weight is 353 g/mol. The second kappa shape index (κ2) is 7.60. The summed E-state index contributed by atoms with van der Waals surface area (Å²) in [6, 6.07) is 11.3. The fraction of sp³-hybridized carbons (Fsp3) is 0.333. The Kier molecular flexibility index (Phi) is 5.26. The lowest BCUT2D eigenvalue weighted by atomic mass is 9.96. The second-order valence-electron chi connectivity index (χ2n) is 6.45. The molecule has 0 heterocycles. The largest absolute Gasteiger partial charge is 0.493 e. The topological polar surface area (TPSA) is 64.6 Å². The summed E-state index contributed by atoms with van der Waals surface area (Å²) >= 11 is 0. The number of nitrogens with one attached hydrogen (secondary N) is 1. The first-order valence-electron chi connectivity index (χ1n) is 8.66. The van der Waals surface area contributed by atoms with Crippen LogP contribution in [0, 0.1) is 6.92 Å². The van der Waals surface area contributed by atoms with Gasteiger partial charge in [-0.25, -0.2) is 0 Å². The average Bonchev–Trinajstić information content (AvgIpc) is 3.00. The van der Waals surface area contributed by atoms with Crippen molar-refractivity contribution in [3.63, 3.8) is 0 Å². The van der Waals surface area contributed by atoms with E-state index >= 15 is 0 Å². The van der Waals surface area contributed by atoms with Crippen molar-refractivity contribution in [3.8, 4) is 11.5 Å². The summed E-state index contributed by atoms with van der Waals surface area (Å²) in [7, 11) is 3.20. The van der Waals surface area contributed by atoms with Gasteiger partial charge in [-0.1, -0.05) is 24.3 Å². The van der Waals surface area contributed by atoms with Crippen LogP contribution in [0.25, 0.3) is 0 Å². The fourth-order valence-corrected chi connectivity index (χ4v) is 3.50. The standard InChI is InChI=1S/C21H23NO4/c1-13-5-4-6-15-17(23)12-16(20(13)15)21(24)22-10-9-14-7-8-18(25-2)19(11-14)26-3/h4-8,11,16H,9-10,12H2,1-3H3,(H,22,24). The van der Waals surface area contributed by atoms with Crippen molar-refractivity contribution in [2.75, 3.05) is 20.8 Å². The number of ketones is 1. The SMILES string of the molecule is COc1ccc(CCNC(=O)C2CC(=O)c3cccc(C)c32)cc1OC. The Morgan fingerprint density at radius 3 is 2.65 bits per heavy atom. The van der Waals surface area contributed by atoms with Crippen LogP contribution in [-0.4, -0.2) is 32.5 Å². The fourth-order valence-electron chi connectivity index (χ4n) is 3.50. The number of carbonyl (C=O) groups is 2. The smallest absolute Gasteiger partial charge is 0.228 e. The number of Topliss-reactive ketones (excluding diaryl/α,β-unsaturated/α-hetero) is 1. The molecule has 26 heavy (non-hydrogen) atoms. The molecule has 0 bridgehead atoms. The van der Waals surface area contributed by atoms with Crippen LogP contribution in [0.2, 0.25) is 0 Å². The first kappa shape index (κ1) is 18.0. The Labute approximate surface area is 153 Å². The zero-order chi connectivity index (χ0) is 18.7. The van der Waals surface area contributed by atoms with E-state index in [1.165, 1.54) is 0 Å². The third-order valence-electron chi connectivity index (χ3n) is 4.84. The number of methoxy groups -OCH3 is 2. The molecule has 3 rings (SSSR count). The summed E-state index contributed by atoms with van der Waals surface area (Å²) in [5, 5.41) is 2.96. The minimum atomic E-state index is -0.385. The van der Waals surface area contributed by atoms with Gasteiger partial charge in [-0.3, -0.25) is 9.59 Å². The Bertz CT molecular complexity index is 844. The quantitative estimate of drug-likeness (QED) is 0.867. The molecule has 1 aliphatic carbocycles. The number of hydrogen-bond donors (Lipinski definition) is 1. The van der Waals surface area contributed by atoms with Crippen LogP contribution >= 0.6 is 0 Å². The van der Waals surface area contributed by atoms with Crippen LogP contribution in [0.3, 0.4) is 0 Å². The predicted octanol–water partition coefficient (Wildman–Crippen LogP) is 3.04. The van der Waals surface area contributed by atoms with Gasteiger partial charge in [-0.2, -0.15) is 0 Å². The highest BCUT2D eigenvalue weighted by atomic mass is 16.5. The minimum absolute atomic E-state index is 0.0451. The molecule has 0 aliphatic heterocycles. The highest BCUT2D eigenvalue weighted by molar-refractivity contribution is 6.07. The van der Waals surface area contributed by atoms with E-state index in [-0.39, 0.29) is 24.0 Å². The number of rotatable bonds is 6. The van der Waals surface area contributed by atoms with Gasteiger partial charge in [0.15, 0.2) is 17.3 Å². The molecule has 0 saturated carbocycles. The number of aryl methyl sites for hydroxylation is 1. The number of amides is 1. The Balaban J connectivity index is 1.63. The van der Waals surface area contributed by atoms with Crippen molar-refractivity contribution in [3.05, 3.63) is 58.7 Å². The lowest BCUT2D eigenvalue weighted by Gasteiger charge is -2.14. The first-order valence-corrected chi connectivity index (χ1v) is 8.66. The second-order valence-corrected chi connectivity index (χ2v) is 6.45. The third kappa shape index (κ3) is 3.43. The number of fused-ring (bicyclic) bond motifs is 1. The van der Waals surface area contributed by atoms with E-state index < -0.39 is 0 Å². The summed E-state index contributed by atoms with van der Waals surface area (Å²) in [5.41, 5.74) is 3.60. The lowest BCUT2D eigenvalue weighted by molar-refractivity contribution is -0.122. The Hall–Kier alpha value is -2.82. The maximum atomic E-state index is 12.6. The van der Waals surface area contributed by atoms with E-state index in [1.54, 1.807) is 14.2 Å². The van der Waals surface area contributed by atoms with E-state index in [0.717, 1.165) is 16.7 Å². The molecule has 2 aromatic carbocycles. The summed E-state index contributed by atoms with van der Waals surface area (Å²) in [6.07, 6.45) is 0.926. The molecule has 0 fully saturated rings. The predicted molar refractivity (Wildman–Crippen MR) is 99.1 cm³/mol. The Morgan fingerprint density at radius 1 is 1.15 bits per heavy atom. The maximum absolute atomic E-state index is 12.6. The van der Waals surface area contributed by atoms with Crippen molar-refractivity contribution >= 4 is 11.7 Å². The zero-order valence-corrected chi connectivity index (χ0v) is 15.3. The van der Waals surface area contributed by atoms with Crippen LogP contribution in [0.15, 0.2) is 36.4 Å². The van der Waals surface area contributed by atoms with Crippen molar-refractivity contribution in [2.24, 2.45) is 0 Å². The van der Waals surface area contributed by atoms with Gasteiger partial charge in [0.2, 0.25) is 5.91 Å². The van der Waals surface area contributed by atoms with Crippen LogP contribution < -0.4 is 14.8 Å². The monoisotopic (exact) mass is 353 g/mol. The normalized spacial score (nSPS) is 15.5. The van der Waals surface area contributed by atoms with E-state index in [0.29, 0.717) is 30.0 Å². The molecule has 2 aromatic rings. The molecular formula is C21H23NO4. The number of hydrogen-bond acceptors (Lipinski definition) is 4. The molecule has 1 amide bonds. The molecule has 1 N–H and O–H groups in total. The number of carbonyl (C=O) groups excluding carboxylic acids is 2. The minimum Gasteiger partial charge on any atom is -0.493 e. The van der Waals surface area contributed by atoms with E-state index in [1.807, 2.05) is 43.3 Å². The van der Waals surface area contributed by atoms with Gasteiger partial charge in [0.1, 0.15) is 0 Å². The van der Waals surface area contributed by atoms with Gasteiger partial charge in [-0.15, -0.1) is 0 Å². The van der Waals surface area contributed by atoms with Crippen molar-refractivity contribution in [1.82, 2.24) is 5.32 Å². The van der Waals surface area contributed by atoms with E-state index in [4.69, 9.17) is 9.47 Å². The summed E-state index contributed by atoms with van der Waals surface area (Å²) < 4.78 is 10.5. The molecule has 5 heteroatoms. The van der Waals surface area contributed by atoms with E-state index in [9.17, 15) is 9.59 Å². The van der Waals surface area contributed by atoms with Gasteiger partial charge >= 0.3 is 0 Å². The van der Waals surface area contributed by atoms with Crippen LogP contribution in [0.1, 0.15) is 39.4 Å². The molecule has 0 aromatic heterocycles. The van der Waals surface area contributed by atoms with Crippen molar-refractivity contribution in [1.29, 1.82) is 0 Å². The number of ether oxygens (including phenoxy) is 2. The molecule has 136 valence electrons. The number of benzene rings is 2. The van der Waals surface area contributed by atoms with Crippen molar-refractivity contribution < 1.29 is 19.1 Å². The van der Waals surface area contributed by atoms with E-state index in [2.05, 4.69) is 5.32 Å². The van der Waals surface area contributed by atoms with Crippen LogP contribution in [-0.2, 0) is 11.2 Å². The lowest BCUT2D eigenvalue weighted by Crippen LogP contribution is -2.30. The van der Waals surface area contributed by atoms with Crippen molar-refractivity contribution in [2.45, 2.75) is 25.7 Å². The summed E-state index contributed by atoms with van der Waals surface area (Å²) in [5.74, 6) is 0.916. The summed E-state index contributed by atoms with van der Waals surface area (Å²) in [4.78, 5) is 24.8. The Morgan fingerprint density at radius 2 is 1.92 bits per heavy atom. The molecule has 0 radical (unpaired) electrons. The maximum Gasteiger partial charge on any atom is 0.228 e. The summed E-state index contributed by atoms with van der Waals surface area (Å²) in [6.45, 7) is 2.45. The molecule has 0 spiro atoms. The molecule has 1 aliphatic rings. The van der Waals surface area contributed by atoms with Crippen LogP contribution in [0.4, 0.5) is 0 Å². The van der Waals surface area contributed by atoms with Gasteiger partial charge in [0.05, 0.1) is 20.1 Å². The highest BCUT2D eigenvalue weighted by Crippen LogP contribution is 2.35. The molecule has 0 saturated heterocycles. The van der Waals surface area contributed by atoms with Gasteiger partial charge < -0.3 is 14.8 Å². The third-order valence-corrected chi connectivity index (χ3v) is 4.84. The van der Waals surface area contributed by atoms with Crippen LogP contribution in [0.5, 0.6) is 11.5 Å². The first-order chi connectivity index (χ1) is 12.5.